The second-order valence-electron chi connectivity index (χ2n) is 5.36. The highest BCUT2D eigenvalue weighted by Crippen LogP contribution is 2.33. The standard InChI is InChI=1S/C16H15N3O7/c20-6-9-10(5-17-14(15(9)22)16(23)19-24)18-13(21)4-8-1-2-11-12(3-8)26-7-25-11/h1-3,5,20,22,24H,4,6-7H2,(H,18,21)(H,19,23). The summed E-state index contributed by atoms with van der Waals surface area (Å²) < 4.78 is 10.4. The zero-order valence-corrected chi connectivity index (χ0v) is 13.4. The van der Waals surface area contributed by atoms with Gasteiger partial charge in [-0.2, -0.15) is 0 Å². The predicted octanol–water partition coefficient (Wildman–Crippen LogP) is 0.308. The van der Waals surface area contributed by atoms with Crippen molar-refractivity contribution in [1.82, 2.24) is 10.5 Å². The number of pyridine rings is 1. The molecule has 5 N–H and O–H groups in total. The summed E-state index contributed by atoms with van der Waals surface area (Å²) in [7, 11) is 0. The van der Waals surface area contributed by atoms with Crippen molar-refractivity contribution in [2.45, 2.75) is 13.0 Å². The number of hydrogen-bond donors (Lipinski definition) is 5. The third kappa shape index (κ3) is 3.36. The van der Waals surface area contributed by atoms with Crippen LogP contribution in [0.5, 0.6) is 17.2 Å². The Morgan fingerprint density at radius 2 is 2.00 bits per heavy atom. The number of aliphatic hydroxyl groups excluding tert-OH is 1. The first kappa shape index (κ1) is 17.5. The fourth-order valence-electron chi connectivity index (χ4n) is 2.46. The second-order valence-corrected chi connectivity index (χ2v) is 5.36. The first-order chi connectivity index (χ1) is 12.5. The SMILES string of the molecule is O=C(Cc1ccc2c(c1)OCO2)Nc1cnc(C(=O)NO)c(O)c1CO. The molecule has 0 saturated heterocycles. The van der Waals surface area contributed by atoms with Crippen LogP contribution in [0.4, 0.5) is 5.69 Å². The van der Waals surface area contributed by atoms with Crippen LogP contribution < -0.4 is 20.3 Å². The van der Waals surface area contributed by atoms with Gasteiger partial charge in [-0.15, -0.1) is 0 Å². The van der Waals surface area contributed by atoms with E-state index < -0.39 is 29.9 Å². The molecule has 1 aliphatic heterocycles. The predicted molar refractivity (Wildman–Crippen MR) is 86.0 cm³/mol. The summed E-state index contributed by atoms with van der Waals surface area (Å²) in [6.07, 6.45) is 1.11. The van der Waals surface area contributed by atoms with E-state index in [1.54, 1.807) is 18.2 Å². The van der Waals surface area contributed by atoms with Gasteiger partial charge in [-0.05, 0) is 17.7 Å². The number of nitrogens with zero attached hydrogens (tertiary/aromatic N) is 1. The molecule has 136 valence electrons. The first-order valence-electron chi connectivity index (χ1n) is 7.48. The smallest absolute Gasteiger partial charge is 0.297 e. The molecule has 0 fully saturated rings. The van der Waals surface area contributed by atoms with Crippen LogP contribution in [0.25, 0.3) is 0 Å². The minimum Gasteiger partial charge on any atom is -0.505 e. The summed E-state index contributed by atoms with van der Waals surface area (Å²) in [4.78, 5) is 27.3. The number of hydrogen-bond acceptors (Lipinski definition) is 8. The van der Waals surface area contributed by atoms with E-state index in [0.717, 1.165) is 6.20 Å². The first-order valence-corrected chi connectivity index (χ1v) is 7.48. The van der Waals surface area contributed by atoms with Crippen molar-refractivity contribution in [3.8, 4) is 17.2 Å². The number of ether oxygens (including phenoxy) is 2. The van der Waals surface area contributed by atoms with Crippen LogP contribution in [-0.4, -0.2) is 39.0 Å². The number of aromatic nitrogens is 1. The number of benzene rings is 1. The lowest BCUT2D eigenvalue weighted by Crippen LogP contribution is -2.21. The molecule has 10 nitrogen and oxygen atoms in total. The molecule has 0 spiro atoms. The van der Waals surface area contributed by atoms with Crippen LogP contribution in [0.2, 0.25) is 0 Å². The molecule has 0 radical (unpaired) electrons. The summed E-state index contributed by atoms with van der Waals surface area (Å²) in [5.74, 6) is -0.969. The van der Waals surface area contributed by atoms with E-state index >= 15 is 0 Å². The number of carbonyl (C=O) groups is 2. The second kappa shape index (κ2) is 7.25. The number of amides is 2. The van der Waals surface area contributed by atoms with Gasteiger partial charge in [-0.1, -0.05) is 6.07 Å². The van der Waals surface area contributed by atoms with Gasteiger partial charge in [0.25, 0.3) is 5.91 Å². The van der Waals surface area contributed by atoms with Crippen LogP contribution in [-0.2, 0) is 17.8 Å². The highest BCUT2D eigenvalue weighted by Gasteiger charge is 2.20. The van der Waals surface area contributed by atoms with Gasteiger partial charge >= 0.3 is 0 Å². The van der Waals surface area contributed by atoms with E-state index in [9.17, 15) is 19.8 Å². The van der Waals surface area contributed by atoms with E-state index in [2.05, 4.69) is 10.3 Å². The fraction of sp³-hybridized carbons (Fsp3) is 0.188. The molecule has 0 aliphatic carbocycles. The summed E-state index contributed by atoms with van der Waals surface area (Å²) in [5, 5.41) is 30.6. The van der Waals surface area contributed by atoms with Gasteiger partial charge in [0.05, 0.1) is 24.9 Å². The number of fused-ring (bicyclic) bond motifs is 1. The molecule has 1 aliphatic rings. The van der Waals surface area contributed by atoms with Crippen LogP contribution in [0.15, 0.2) is 24.4 Å². The molecular weight excluding hydrogens is 346 g/mol. The van der Waals surface area contributed by atoms with Gasteiger partial charge < -0.3 is 25.0 Å². The van der Waals surface area contributed by atoms with Gasteiger partial charge in [0.15, 0.2) is 22.9 Å². The number of rotatable bonds is 5. The van der Waals surface area contributed by atoms with Crippen molar-refractivity contribution in [3.05, 3.63) is 41.2 Å². The van der Waals surface area contributed by atoms with Crippen molar-refractivity contribution in [3.63, 3.8) is 0 Å². The third-order valence-corrected chi connectivity index (χ3v) is 3.71. The largest absolute Gasteiger partial charge is 0.505 e. The lowest BCUT2D eigenvalue weighted by Gasteiger charge is -2.13. The van der Waals surface area contributed by atoms with Crippen molar-refractivity contribution < 1.29 is 34.5 Å². The van der Waals surface area contributed by atoms with Crippen molar-refractivity contribution >= 4 is 17.5 Å². The van der Waals surface area contributed by atoms with E-state index in [1.807, 2.05) is 0 Å². The molecule has 3 rings (SSSR count). The quantitative estimate of drug-likeness (QED) is 0.377. The monoisotopic (exact) mass is 361 g/mol. The molecule has 2 amide bonds. The third-order valence-electron chi connectivity index (χ3n) is 3.71. The Balaban J connectivity index is 1.76. The van der Waals surface area contributed by atoms with Gasteiger partial charge in [0, 0.05) is 5.56 Å². The van der Waals surface area contributed by atoms with E-state index in [1.165, 1.54) is 5.48 Å². The molecule has 1 aromatic carbocycles. The van der Waals surface area contributed by atoms with Crippen molar-refractivity contribution in [2.24, 2.45) is 0 Å². The summed E-state index contributed by atoms with van der Waals surface area (Å²) in [6, 6.07) is 5.09. The molecule has 0 saturated carbocycles. The van der Waals surface area contributed by atoms with Crippen LogP contribution in [0, 0.1) is 0 Å². The summed E-state index contributed by atoms with van der Waals surface area (Å²) >= 11 is 0. The lowest BCUT2D eigenvalue weighted by molar-refractivity contribution is -0.115. The van der Waals surface area contributed by atoms with Crippen LogP contribution in [0.3, 0.4) is 0 Å². The molecular formula is C16H15N3O7. The van der Waals surface area contributed by atoms with Gasteiger partial charge in [-0.3, -0.25) is 14.8 Å². The molecule has 0 unspecified atom stereocenters. The number of anilines is 1. The van der Waals surface area contributed by atoms with Crippen molar-refractivity contribution in [2.75, 3.05) is 12.1 Å². The number of aliphatic hydroxyl groups is 1. The van der Waals surface area contributed by atoms with Gasteiger partial charge in [0.2, 0.25) is 12.7 Å². The minimum absolute atomic E-state index is 0.00114. The zero-order valence-electron chi connectivity index (χ0n) is 13.4. The highest BCUT2D eigenvalue weighted by atomic mass is 16.7. The Morgan fingerprint density at radius 1 is 1.23 bits per heavy atom. The average Bonchev–Trinajstić information content (AvgIpc) is 3.09. The number of hydroxylamine groups is 1. The Morgan fingerprint density at radius 3 is 2.73 bits per heavy atom. The summed E-state index contributed by atoms with van der Waals surface area (Å²) in [5.41, 5.74) is 1.47. The van der Waals surface area contributed by atoms with Gasteiger partial charge in [-0.25, -0.2) is 10.5 Å². The molecule has 0 bridgehead atoms. The van der Waals surface area contributed by atoms with Crippen molar-refractivity contribution in [1.29, 1.82) is 0 Å². The summed E-state index contributed by atoms with van der Waals surface area (Å²) in [6.45, 7) is -0.525. The normalized spacial score (nSPS) is 11.9. The maximum absolute atomic E-state index is 12.2. The maximum Gasteiger partial charge on any atom is 0.297 e. The number of nitrogens with one attached hydrogen (secondary N) is 2. The maximum atomic E-state index is 12.2. The van der Waals surface area contributed by atoms with E-state index in [0.29, 0.717) is 17.1 Å². The Bertz CT molecular complexity index is 869. The fourth-order valence-corrected chi connectivity index (χ4v) is 2.46. The Labute approximate surface area is 147 Å². The average molecular weight is 361 g/mol. The Hall–Kier alpha value is -3.37. The van der Waals surface area contributed by atoms with Crippen LogP contribution in [0.1, 0.15) is 21.6 Å². The highest BCUT2D eigenvalue weighted by molar-refractivity contribution is 5.97. The number of aromatic hydroxyl groups is 1. The molecule has 0 atom stereocenters. The van der Waals surface area contributed by atoms with E-state index in [4.69, 9.17) is 14.7 Å². The molecule has 2 heterocycles. The van der Waals surface area contributed by atoms with Crippen LogP contribution >= 0.6 is 0 Å². The van der Waals surface area contributed by atoms with E-state index in [-0.39, 0.29) is 24.5 Å². The minimum atomic E-state index is -1.05. The molecule has 1 aromatic heterocycles. The van der Waals surface area contributed by atoms with Gasteiger partial charge in [0.1, 0.15) is 0 Å². The number of carbonyl (C=O) groups excluding carboxylic acids is 2. The molecule has 26 heavy (non-hydrogen) atoms. The molecule has 10 heteroatoms. The lowest BCUT2D eigenvalue weighted by atomic mass is 10.1. The Kier molecular flexibility index (Phi) is 4.87. The zero-order chi connectivity index (χ0) is 18.7. The topological polar surface area (TPSA) is 150 Å². The molecule has 2 aromatic rings.